The van der Waals surface area contributed by atoms with E-state index in [0.717, 1.165) is 35.6 Å². The van der Waals surface area contributed by atoms with Crippen LogP contribution in [0.15, 0.2) is 59.5 Å². The van der Waals surface area contributed by atoms with Gasteiger partial charge in [0.05, 0.1) is 12.1 Å². The largest absolute Gasteiger partial charge is 0.383 e. The minimum atomic E-state index is -1.06. The average Bonchev–Trinajstić information content (AvgIpc) is 3.37. The summed E-state index contributed by atoms with van der Waals surface area (Å²) in [5.74, 6) is 10.3. The number of allylic oxidation sites excluding steroid dienone is 3. The molecule has 1 saturated heterocycles. The van der Waals surface area contributed by atoms with Crippen LogP contribution < -0.4 is 22.3 Å². The van der Waals surface area contributed by atoms with Crippen molar-refractivity contribution in [2.45, 2.75) is 19.8 Å². The Kier molecular flexibility index (Phi) is 9.32. The minimum Gasteiger partial charge on any atom is -0.383 e. The molecule has 1 fully saturated rings. The molecule has 0 spiro atoms. The van der Waals surface area contributed by atoms with Crippen LogP contribution >= 0.6 is 0 Å². The lowest BCUT2D eigenvalue weighted by molar-refractivity contribution is 0.409. The van der Waals surface area contributed by atoms with Gasteiger partial charge in [-0.15, -0.1) is 12.8 Å². The van der Waals surface area contributed by atoms with E-state index < -0.39 is 18.2 Å². The number of rotatable bonds is 6. The third-order valence-electron chi connectivity index (χ3n) is 4.95. The summed E-state index contributed by atoms with van der Waals surface area (Å²) in [4.78, 5) is 11.0. The first-order valence-electron chi connectivity index (χ1n) is 10.2. The summed E-state index contributed by atoms with van der Waals surface area (Å²) in [6.45, 7) is 3.00. The zero-order chi connectivity index (χ0) is 24.4. The number of amidine groups is 1. The van der Waals surface area contributed by atoms with Crippen LogP contribution in [-0.4, -0.2) is 40.4 Å². The molecule has 2 aromatic rings. The number of nitrogens with zero attached hydrogens (tertiary/aromatic N) is 5. The molecule has 6 N–H and O–H groups in total. The Bertz CT molecular complexity index is 1040. The fraction of sp³-hybridized carbons (Fsp3) is 0.261. The number of halogens is 2. The van der Waals surface area contributed by atoms with E-state index >= 15 is 0 Å². The average molecular weight is 455 g/mol. The monoisotopic (exact) mass is 454 g/mol. The Hall–Kier alpha value is -3.97. The zero-order valence-electron chi connectivity index (χ0n) is 18.5. The Morgan fingerprint density at radius 3 is 2.42 bits per heavy atom. The van der Waals surface area contributed by atoms with Crippen LogP contribution in [0.1, 0.15) is 25.3 Å². The van der Waals surface area contributed by atoms with E-state index in [4.69, 9.17) is 17.4 Å². The smallest absolute Gasteiger partial charge is 0.173 e. The summed E-state index contributed by atoms with van der Waals surface area (Å²) < 4.78 is 27.7. The minimum absolute atomic E-state index is 0.0306. The molecule has 1 aliphatic rings. The molecule has 10 heteroatoms. The molecule has 3 heterocycles. The van der Waals surface area contributed by atoms with Crippen molar-refractivity contribution >= 4 is 17.5 Å². The Morgan fingerprint density at radius 2 is 1.85 bits per heavy atom. The standard InChI is InChI=1S/C21H26F2N8.C2H2/c1-2-5-17(22)18(23)13-31(26)21(29-25)16-10-15(12-28-20(16)24)14-6-7-19(27-11-14)30-8-3-4-9-30;1-2/h2,5-7,10-12H,3-4,8-9,13,25-26H2,1H3,(H2,24,28);1-2H/b5-2-,18-17-,29-21-;. The Balaban J connectivity index is 0.00000187. The highest BCUT2D eigenvalue weighted by atomic mass is 19.2. The molecule has 0 saturated carbocycles. The lowest BCUT2D eigenvalue weighted by atomic mass is 10.1. The first-order chi connectivity index (χ1) is 15.9. The maximum Gasteiger partial charge on any atom is 0.173 e. The molecule has 1 aliphatic heterocycles. The van der Waals surface area contributed by atoms with Gasteiger partial charge < -0.3 is 16.5 Å². The summed E-state index contributed by atoms with van der Waals surface area (Å²) in [6.07, 6.45) is 16.0. The molecule has 0 atom stereocenters. The molecule has 0 aromatic carbocycles. The third kappa shape index (κ3) is 6.27. The SMILES string of the molecule is C#C.C/C=C\C(F)=C(\F)CN(N)/C(=N\N)c1cc(-c2ccc(N3CCCC3)nc2)cnc1N. The van der Waals surface area contributed by atoms with Crippen molar-refractivity contribution in [3.05, 3.63) is 60.0 Å². The number of pyridine rings is 2. The third-order valence-corrected chi connectivity index (χ3v) is 4.95. The Morgan fingerprint density at radius 1 is 1.18 bits per heavy atom. The number of nitrogens with two attached hydrogens (primary N) is 3. The van der Waals surface area contributed by atoms with Gasteiger partial charge in [0.15, 0.2) is 17.5 Å². The molecule has 2 aromatic heterocycles. The van der Waals surface area contributed by atoms with E-state index in [1.54, 1.807) is 25.4 Å². The first-order valence-corrected chi connectivity index (χ1v) is 10.2. The van der Waals surface area contributed by atoms with Crippen LogP contribution in [0.3, 0.4) is 0 Å². The van der Waals surface area contributed by atoms with Gasteiger partial charge in [-0.2, -0.15) is 5.10 Å². The zero-order valence-corrected chi connectivity index (χ0v) is 18.5. The van der Waals surface area contributed by atoms with Crippen molar-refractivity contribution in [1.82, 2.24) is 15.0 Å². The molecule has 3 rings (SSSR count). The van der Waals surface area contributed by atoms with Crippen LogP contribution in [0.25, 0.3) is 11.1 Å². The van der Waals surface area contributed by atoms with Gasteiger partial charge in [0.2, 0.25) is 0 Å². The molecular formula is C23H28F2N8. The summed E-state index contributed by atoms with van der Waals surface area (Å²) in [6, 6.07) is 5.57. The topological polar surface area (TPSA) is 123 Å². The quantitative estimate of drug-likeness (QED) is 0.153. The highest BCUT2D eigenvalue weighted by Crippen LogP contribution is 2.25. The molecule has 8 nitrogen and oxygen atoms in total. The van der Waals surface area contributed by atoms with Crippen molar-refractivity contribution in [2.75, 3.05) is 30.3 Å². The van der Waals surface area contributed by atoms with Gasteiger partial charge >= 0.3 is 0 Å². The summed E-state index contributed by atoms with van der Waals surface area (Å²) in [5.41, 5.74) is 7.79. The van der Waals surface area contributed by atoms with E-state index in [1.165, 1.54) is 18.9 Å². The second-order valence-corrected chi connectivity index (χ2v) is 7.09. The maximum atomic E-state index is 14.0. The molecule has 0 unspecified atom stereocenters. The van der Waals surface area contributed by atoms with Crippen LogP contribution in [0.2, 0.25) is 0 Å². The van der Waals surface area contributed by atoms with Crippen LogP contribution in [0.4, 0.5) is 20.4 Å². The van der Waals surface area contributed by atoms with Gasteiger partial charge in [-0.25, -0.2) is 24.6 Å². The summed E-state index contributed by atoms with van der Waals surface area (Å²) >= 11 is 0. The number of hydrazone groups is 1. The molecule has 174 valence electrons. The number of terminal acetylenes is 1. The normalized spacial score (nSPS) is 14.6. The predicted octanol–water partition coefficient (Wildman–Crippen LogP) is 3.10. The second kappa shape index (κ2) is 12.2. The number of aromatic nitrogens is 2. The molecular weight excluding hydrogens is 426 g/mol. The Labute approximate surface area is 192 Å². The number of anilines is 2. The van der Waals surface area contributed by atoms with Crippen LogP contribution in [0.5, 0.6) is 0 Å². The summed E-state index contributed by atoms with van der Waals surface area (Å²) in [5, 5.41) is 4.50. The van der Waals surface area contributed by atoms with Crippen LogP contribution in [-0.2, 0) is 0 Å². The van der Waals surface area contributed by atoms with Gasteiger partial charge in [-0.05, 0) is 44.0 Å². The predicted molar refractivity (Wildman–Crippen MR) is 129 cm³/mol. The maximum absolute atomic E-state index is 14.0. The van der Waals surface area contributed by atoms with Crippen molar-refractivity contribution in [1.29, 1.82) is 0 Å². The highest BCUT2D eigenvalue weighted by molar-refractivity contribution is 6.03. The van der Waals surface area contributed by atoms with E-state index in [0.29, 0.717) is 11.1 Å². The number of nitrogen functional groups attached to an aromatic ring is 1. The van der Waals surface area contributed by atoms with Crippen LogP contribution in [0, 0.1) is 12.8 Å². The van der Waals surface area contributed by atoms with Gasteiger partial charge in [0, 0.05) is 36.6 Å². The van der Waals surface area contributed by atoms with Crippen molar-refractivity contribution < 1.29 is 8.78 Å². The lowest BCUT2D eigenvalue weighted by Crippen LogP contribution is -2.40. The fourth-order valence-electron chi connectivity index (χ4n) is 3.34. The first kappa shape index (κ1) is 25.3. The summed E-state index contributed by atoms with van der Waals surface area (Å²) in [7, 11) is 0. The molecule has 0 bridgehead atoms. The highest BCUT2D eigenvalue weighted by Gasteiger charge is 2.19. The lowest BCUT2D eigenvalue weighted by Gasteiger charge is -2.20. The van der Waals surface area contributed by atoms with Gasteiger partial charge in [0.1, 0.15) is 11.6 Å². The van der Waals surface area contributed by atoms with E-state index in [-0.39, 0.29) is 11.7 Å². The number of hydrogen-bond donors (Lipinski definition) is 3. The van der Waals surface area contributed by atoms with E-state index in [2.05, 4.69) is 32.8 Å². The second-order valence-electron chi connectivity index (χ2n) is 7.09. The van der Waals surface area contributed by atoms with E-state index in [9.17, 15) is 8.78 Å². The van der Waals surface area contributed by atoms with Crippen molar-refractivity contribution in [3.63, 3.8) is 0 Å². The number of hydrogen-bond acceptors (Lipinski definition) is 7. The van der Waals surface area contributed by atoms with E-state index in [1.807, 2.05) is 12.1 Å². The molecule has 33 heavy (non-hydrogen) atoms. The fourth-order valence-corrected chi connectivity index (χ4v) is 3.34. The van der Waals surface area contributed by atoms with Gasteiger partial charge in [-0.1, -0.05) is 6.08 Å². The molecule has 0 radical (unpaired) electrons. The van der Waals surface area contributed by atoms with Gasteiger partial charge in [0.25, 0.3) is 0 Å². The van der Waals surface area contributed by atoms with Crippen molar-refractivity contribution in [3.8, 4) is 24.0 Å². The molecule has 0 aliphatic carbocycles. The van der Waals surface area contributed by atoms with Crippen molar-refractivity contribution in [2.24, 2.45) is 16.8 Å². The number of hydrazine groups is 1. The van der Waals surface area contributed by atoms with Gasteiger partial charge in [-0.3, -0.25) is 5.01 Å². The molecule has 0 amide bonds.